The summed E-state index contributed by atoms with van der Waals surface area (Å²) in [6.07, 6.45) is 2.02. The molecule has 1 fully saturated rings. The fourth-order valence-corrected chi connectivity index (χ4v) is 4.51. The molecule has 4 rings (SSSR count). The number of carbonyl (C=O) groups is 1. The zero-order valence-electron chi connectivity index (χ0n) is 17.2. The lowest BCUT2D eigenvalue weighted by atomic mass is 10.1. The number of ether oxygens (including phenoxy) is 1. The summed E-state index contributed by atoms with van der Waals surface area (Å²) in [6, 6.07) is 3.06. The zero-order valence-corrected chi connectivity index (χ0v) is 18.1. The van der Waals surface area contributed by atoms with Crippen molar-refractivity contribution in [1.29, 1.82) is 0 Å². The Kier molecular flexibility index (Phi) is 5.49. The maximum Gasteiger partial charge on any atom is 0.407 e. The van der Waals surface area contributed by atoms with Crippen LogP contribution in [0.2, 0.25) is 0 Å². The van der Waals surface area contributed by atoms with E-state index in [2.05, 4.69) is 10.1 Å². The van der Waals surface area contributed by atoms with Gasteiger partial charge in [0.05, 0.1) is 11.3 Å². The van der Waals surface area contributed by atoms with Gasteiger partial charge in [-0.25, -0.2) is 27.0 Å². The minimum Gasteiger partial charge on any atom is -0.474 e. The number of rotatable bonds is 4. The minimum absolute atomic E-state index is 0.165. The van der Waals surface area contributed by atoms with Gasteiger partial charge in [0.15, 0.2) is 15.5 Å². The Morgan fingerprint density at radius 1 is 1.22 bits per heavy atom. The van der Waals surface area contributed by atoms with E-state index in [1.165, 1.54) is 15.6 Å². The number of piperidine rings is 1. The quantitative estimate of drug-likeness (QED) is 0.629. The molecule has 0 bridgehead atoms. The van der Waals surface area contributed by atoms with Crippen molar-refractivity contribution in [2.24, 2.45) is 0 Å². The van der Waals surface area contributed by atoms with Crippen LogP contribution in [0.4, 0.5) is 13.6 Å². The van der Waals surface area contributed by atoms with Gasteiger partial charge in [-0.15, -0.1) is 0 Å². The van der Waals surface area contributed by atoms with Gasteiger partial charge in [-0.2, -0.15) is 9.61 Å². The second-order valence-electron chi connectivity index (χ2n) is 7.60. The number of likely N-dealkylation sites (tertiary alicyclic amines) is 1. The number of aromatic nitrogens is 3. The Labute approximate surface area is 182 Å². The van der Waals surface area contributed by atoms with Gasteiger partial charge in [-0.05, 0) is 19.1 Å². The van der Waals surface area contributed by atoms with E-state index in [0.717, 1.165) is 12.3 Å². The smallest absolute Gasteiger partial charge is 0.407 e. The van der Waals surface area contributed by atoms with Crippen LogP contribution < -0.4 is 4.74 Å². The molecule has 9 nitrogen and oxygen atoms in total. The number of hydrogen-bond acceptors (Lipinski definition) is 6. The van der Waals surface area contributed by atoms with Crippen LogP contribution in [-0.4, -0.2) is 64.6 Å². The largest absolute Gasteiger partial charge is 0.474 e. The molecule has 3 aromatic rings. The van der Waals surface area contributed by atoms with Crippen LogP contribution in [0, 0.1) is 18.6 Å². The average molecular weight is 466 g/mol. The molecule has 3 heterocycles. The van der Waals surface area contributed by atoms with Crippen molar-refractivity contribution in [3.05, 3.63) is 41.7 Å². The molecule has 0 aliphatic carbocycles. The number of fused-ring (bicyclic) bond motifs is 1. The monoisotopic (exact) mass is 466 g/mol. The highest BCUT2D eigenvalue weighted by Gasteiger charge is 2.26. The van der Waals surface area contributed by atoms with E-state index in [1.807, 2.05) is 0 Å². The van der Waals surface area contributed by atoms with Crippen molar-refractivity contribution in [3.8, 4) is 17.0 Å². The Morgan fingerprint density at radius 2 is 1.91 bits per heavy atom. The molecule has 1 saturated heterocycles. The first-order chi connectivity index (χ1) is 15.1. The first-order valence-corrected chi connectivity index (χ1v) is 11.6. The Hall–Kier alpha value is -3.28. The van der Waals surface area contributed by atoms with Crippen molar-refractivity contribution in [2.75, 3.05) is 19.3 Å². The van der Waals surface area contributed by atoms with Crippen LogP contribution in [0.25, 0.3) is 16.8 Å². The molecule has 170 valence electrons. The first-order valence-electron chi connectivity index (χ1n) is 9.74. The number of benzene rings is 1. The van der Waals surface area contributed by atoms with Gasteiger partial charge in [0.25, 0.3) is 0 Å². The average Bonchev–Trinajstić information content (AvgIpc) is 3.06. The van der Waals surface area contributed by atoms with Crippen LogP contribution in [0.15, 0.2) is 29.3 Å². The van der Waals surface area contributed by atoms with Crippen molar-refractivity contribution in [2.45, 2.75) is 30.8 Å². The van der Waals surface area contributed by atoms with E-state index in [0.29, 0.717) is 43.6 Å². The summed E-state index contributed by atoms with van der Waals surface area (Å²) in [5.74, 6) is -1.66. The zero-order chi connectivity index (χ0) is 23.2. The van der Waals surface area contributed by atoms with E-state index in [-0.39, 0.29) is 22.9 Å². The molecule has 0 spiro atoms. The summed E-state index contributed by atoms with van der Waals surface area (Å²) >= 11 is 0. The van der Waals surface area contributed by atoms with Crippen molar-refractivity contribution >= 4 is 21.6 Å². The molecule has 0 unspecified atom stereocenters. The van der Waals surface area contributed by atoms with Gasteiger partial charge in [0.2, 0.25) is 5.88 Å². The van der Waals surface area contributed by atoms with Gasteiger partial charge in [0, 0.05) is 50.0 Å². The summed E-state index contributed by atoms with van der Waals surface area (Å²) in [4.78, 5) is 15.9. The summed E-state index contributed by atoms with van der Waals surface area (Å²) in [5, 5.41) is 13.4. The molecular formula is C20H20F2N4O5S. The highest BCUT2D eigenvalue weighted by atomic mass is 32.2. The van der Waals surface area contributed by atoms with Crippen LogP contribution >= 0.6 is 0 Å². The predicted octanol–water partition coefficient (Wildman–Crippen LogP) is 2.91. The number of aryl methyl sites for hydroxylation is 1. The summed E-state index contributed by atoms with van der Waals surface area (Å²) in [5.41, 5.74) is 0.613. The predicted molar refractivity (Wildman–Crippen MR) is 109 cm³/mol. The van der Waals surface area contributed by atoms with E-state index in [9.17, 15) is 22.0 Å². The number of sulfone groups is 1. The second kappa shape index (κ2) is 8.01. The van der Waals surface area contributed by atoms with E-state index < -0.39 is 32.5 Å². The Bertz CT molecular complexity index is 1320. The number of carboxylic acid groups (broad SMARTS) is 1. The number of amides is 1. The molecule has 0 saturated carbocycles. The topological polar surface area (TPSA) is 114 Å². The highest BCUT2D eigenvalue weighted by molar-refractivity contribution is 7.90. The molecular weight excluding hydrogens is 446 g/mol. The summed E-state index contributed by atoms with van der Waals surface area (Å²) in [6.45, 7) is 2.28. The second-order valence-corrected chi connectivity index (χ2v) is 9.58. The van der Waals surface area contributed by atoms with Crippen molar-refractivity contribution < 1.29 is 31.8 Å². The van der Waals surface area contributed by atoms with Crippen LogP contribution in [-0.2, 0) is 9.84 Å². The molecule has 1 amide bonds. The molecule has 1 aliphatic rings. The number of halogens is 2. The lowest BCUT2D eigenvalue weighted by Crippen LogP contribution is -2.41. The fourth-order valence-electron chi connectivity index (χ4n) is 3.77. The number of hydrogen-bond donors (Lipinski definition) is 1. The lowest BCUT2D eigenvalue weighted by Gasteiger charge is -2.30. The number of nitrogens with zero attached hydrogens (tertiary/aromatic N) is 4. The summed E-state index contributed by atoms with van der Waals surface area (Å²) < 4.78 is 60.0. The van der Waals surface area contributed by atoms with Gasteiger partial charge in [-0.3, -0.25) is 0 Å². The van der Waals surface area contributed by atoms with Crippen molar-refractivity contribution in [3.63, 3.8) is 0 Å². The van der Waals surface area contributed by atoms with Gasteiger partial charge >= 0.3 is 6.09 Å². The maximum absolute atomic E-state index is 14.8. The third-order valence-electron chi connectivity index (χ3n) is 5.35. The van der Waals surface area contributed by atoms with Crippen LogP contribution in [0.5, 0.6) is 5.88 Å². The third kappa shape index (κ3) is 3.97. The van der Waals surface area contributed by atoms with E-state index in [4.69, 9.17) is 9.84 Å². The highest BCUT2D eigenvalue weighted by Crippen LogP contribution is 2.33. The molecule has 1 aliphatic heterocycles. The molecule has 0 radical (unpaired) electrons. The van der Waals surface area contributed by atoms with E-state index in [1.54, 1.807) is 13.0 Å². The van der Waals surface area contributed by atoms with Crippen LogP contribution in [0.1, 0.15) is 18.5 Å². The lowest BCUT2D eigenvalue weighted by molar-refractivity contribution is 0.0857. The minimum atomic E-state index is -3.94. The van der Waals surface area contributed by atoms with E-state index >= 15 is 0 Å². The van der Waals surface area contributed by atoms with Gasteiger partial charge in [0.1, 0.15) is 22.6 Å². The summed E-state index contributed by atoms with van der Waals surface area (Å²) in [7, 11) is -3.94. The molecule has 32 heavy (non-hydrogen) atoms. The Morgan fingerprint density at radius 3 is 2.53 bits per heavy atom. The standard InChI is InChI=1S/C20H20F2N4O5S/c1-11-18(13-9-15(22)16(10-14(13)21)32(2,29)30)19-23-6-3-17(26(19)24-11)31-12-4-7-25(8-5-12)20(27)28/h3,6,9-10,12H,4-5,7-8H2,1-2H3,(H,27,28). The third-order valence-corrected chi connectivity index (χ3v) is 6.46. The van der Waals surface area contributed by atoms with Crippen molar-refractivity contribution in [1.82, 2.24) is 19.5 Å². The molecule has 2 aromatic heterocycles. The van der Waals surface area contributed by atoms with Gasteiger partial charge < -0.3 is 14.7 Å². The van der Waals surface area contributed by atoms with Gasteiger partial charge in [-0.1, -0.05) is 0 Å². The molecule has 12 heteroatoms. The fraction of sp³-hybridized carbons (Fsp3) is 0.350. The SMILES string of the molecule is Cc1nn2c(OC3CCN(C(=O)O)CC3)ccnc2c1-c1cc(F)c(S(C)(=O)=O)cc1F. The molecule has 1 aromatic carbocycles. The molecule has 0 atom stereocenters. The van der Waals surface area contributed by atoms with Crippen LogP contribution in [0.3, 0.4) is 0 Å². The first kappa shape index (κ1) is 21.9. The maximum atomic E-state index is 14.8. The Balaban J connectivity index is 1.71. The molecule has 1 N–H and O–H groups in total. The normalized spacial score (nSPS) is 15.3.